The van der Waals surface area contributed by atoms with Crippen LogP contribution in [-0.4, -0.2) is 94.4 Å². The van der Waals surface area contributed by atoms with Gasteiger partial charge < -0.3 is 28.4 Å². The van der Waals surface area contributed by atoms with E-state index >= 15 is 0 Å². The molecule has 2 aromatic heterocycles. The summed E-state index contributed by atoms with van der Waals surface area (Å²) in [5, 5.41) is 26.1. The predicted octanol–water partition coefficient (Wildman–Crippen LogP) is 6.58. The lowest BCUT2D eigenvalue weighted by atomic mass is 9.89. The molecule has 4 heterocycles. The van der Waals surface area contributed by atoms with E-state index in [0.717, 1.165) is 23.5 Å². The van der Waals surface area contributed by atoms with Crippen LogP contribution < -0.4 is 0 Å². The number of carbonyl (C=O) groups is 4. The summed E-state index contributed by atoms with van der Waals surface area (Å²) in [6.07, 6.45) is -0.0912. The molecule has 0 amide bonds. The van der Waals surface area contributed by atoms with Crippen molar-refractivity contribution >= 4 is 74.9 Å². The Balaban J connectivity index is 0.000000310. The summed E-state index contributed by atoms with van der Waals surface area (Å²) in [6.45, 7) is 8.44. The lowest BCUT2D eigenvalue weighted by Crippen LogP contribution is -2.54. The smallest absolute Gasteiger partial charge is 0.303 e. The molecule has 0 bridgehead atoms. The van der Waals surface area contributed by atoms with Gasteiger partial charge in [0.05, 0.1) is 29.3 Å². The molecule has 2 aliphatic heterocycles. The van der Waals surface area contributed by atoms with Gasteiger partial charge >= 0.3 is 23.9 Å². The minimum Gasteiger partial charge on any atom is -0.463 e. The molecule has 0 N–H and O–H groups in total. The van der Waals surface area contributed by atoms with Crippen LogP contribution in [0.15, 0.2) is 49.0 Å². The summed E-state index contributed by atoms with van der Waals surface area (Å²) in [7, 11) is 0. The summed E-state index contributed by atoms with van der Waals surface area (Å²) < 4.78 is 33.7. The van der Waals surface area contributed by atoms with E-state index in [0.29, 0.717) is 14.3 Å². The molecule has 0 spiro atoms. The van der Waals surface area contributed by atoms with Gasteiger partial charge in [-0.15, -0.1) is 0 Å². The van der Waals surface area contributed by atoms with Crippen molar-refractivity contribution < 1.29 is 47.6 Å². The quantitative estimate of drug-likeness (QED) is 0.0714. The number of thioether (sulfide) groups is 2. The van der Waals surface area contributed by atoms with Crippen LogP contribution in [0.4, 0.5) is 0 Å². The fourth-order valence-corrected chi connectivity index (χ4v) is 8.67. The second-order valence-corrected chi connectivity index (χ2v) is 16.0. The Hall–Kier alpha value is -4.83. The molecule has 2 aliphatic rings. The third kappa shape index (κ3) is 13.6. The number of rotatable bonds is 12. The third-order valence-corrected chi connectivity index (χ3v) is 11.3. The second-order valence-electron chi connectivity index (χ2n) is 12.4. The number of halogens is 2. The number of nitriles is 2. The number of nitrogens with zero attached hydrogens (tertiary/aromatic N) is 10. The van der Waals surface area contributed by atoms with E-state index in [-0.39, 0.29) is 29.6 Å². The summed E-state index contributed by atoms with van der Waals surface area (Å²) >= 11 is 11.6. The normalized spacial score (nSPS) is 26.0. The first-order chi connectivity index (χ1) is 27.5. The van der Waals surface area contributed by atoms with Crippen LogP contribution in [0, 0.1) is 34.5 Å². The SMILES string of the molecule is CC(=O)OCC1O[C@H](Sc2cc(Br)cnc2C#N)[C@@H](OC(C)=O)C(N=[N+]=[N-])[C@H]1C.CC(=O)OCC1O[C@H](Sc2cnc(C#N)c(Cl)c2)[C@@H](OC(C)=O)C(N=[N+]=[N-])[C@H]1C. The number of azide groups is 2. The van der Waals surface area contributed by atoms with Crippen LogP contribution in [0.25, 0.3) is 20.9 Å². The Morgan fingerprint density at radius 2 is 1.28 bits per heavy atom. The molecule has 0 radical (unpaired) electrons. The lowest BCUT2D eigenvalue weighted by Gasteiger charge is -2.43. The fourth-order valence-electron chi connectivity index (χ4n) is 5.59. The number of hydrogen-bond acceptors (Lipinski definition) is 18. The molecule has 0 aliphatic carbocycles. The molecule has 10 atom stereocenters. The van der Waals surface area contributed by atoms with Crippen molar-refractivity contribution in [2.45, 2.75) is 98.7 Å². The highest BCUT2D eigenvalue weighted by molar-refractivity contribution is 9.10. The van der Waals surface area contributed by atoms with Crippen LogP contribution >= 0.6 is 51.1 Å². The first-order valence-electron chi connectivity index (χ1n) is 17.0. The zero-order chi connectivity index (χ0) is 43.1. The monoisotopic (exact) mass is 922 g/mol. The minimum atomic E-state index is -0.914. The lowest BCUT2D eigenvalue weighted by molar-refractivity contribution is -0.177. The maximum Gasteiger partial charge on any atom is 0.303 e. The molecule has 24 heteroatoms. The number of ether oxygens (including phenoxy) is 6. The third-order valence-electron chi connectivity index (χ3n) is 8.30. The van der Waals surface area contributed by atoms with Crippen LogP contribution in [0.5, 0.6) is 0 Å². The Morgan fingerprint density at radius 1 is 0.810 bits per heavy atom. The van der Waals surface area contributed by atoms with Crippen molar-refractivity contribution in [3.05, 3.63) is 66.3 Å². The van der Waals surface area contributed by atoms with Crippen LogP contribution in [0.2, 0.25) is 5.02 Å². The van der Waals surface area contributed by atoms with Gasteiger partial charge in [0.1, 0.15) is 48.4 Å². The average molecular weight is 924 g/mol. The van der Waals surface area contributed by atoms with Crippen molar-refractivity contribution in [3.63, 3.8) is 0 Å². The molecule has 2 saturated heterocycles. The molecule has 308 valence electrons. The molecule has 2 aromatic rings. The summed E-state index contributed by atoms with van der Waals surface area (Å²) in [6, 6.07) is 5.57. The Bertz CT molecular complexity index is 2030. The van der Waals surface area contributed by atoms with Gasteiger partial charge in [-0.25, -0.2) is 9.97 Å². The van der Waals surface area contributed by atoms with Crippen molar-refractivity contribution in [2.24, 2.45) is 22.1 Å². The van der Waals surface area contributed by atoms with E-state index in [1.54, 1.807) is 19.9 Å². The van der Waals surface area contributed by atoms with Crippen molar-refractivity contribution in [2.75, 3.05) is 13.2 Å². The predicted molar refractivity (Wildman–Crippen MR) is 208 cm³/mol. The minimum absolute atomic E-state index is 0.0514. The molecule has 4 rings (SSSR count). The molecular formula is C34H36BrClN10O10S2. The second kappa shape index (κ2) is 22.9. The average Bonchev–Trinajstić information content (AvgIpc) is 3.15. The van der Waals surface area contributed by atoms with Crippen LogP contribution in [0.1, 0.15) is 52.9 Å². The maximum atomic E-state index is 11.7. The molecule has 0 aromatic carbocycles. The number of aromatic nitrogens is 2. The number of pyridine rings is 2. The van der Waals surface area contributed by atoms with E-state index in [1.807, 2.05) is 12.1 Å². The summed E-state index contributed by atoms with van der Waals surface area (Å²) in [5.74, 6) is -2.88. The number of esters is 4. The van der Waals surface area contributed by atoms with E-state index in [4.69, 9.17) is 56.3 Å². The largest absolute Gasteiger partial charge is 0.463 e. The maximum absolute atomic E-state index is 11.7. The zero-order valence-electron chi connectivity index (χ0n) is 31.6. The zero-order valence-corrected chi connectivity index (χ0v) is 35.6. The van der Waals surface area contributed by atoms with Crippen LogP contribution in [0.3, 0.4) is 0 Å². The Kier molecular flexibility index (Phi) is 18.8. The van der Waals surface area contributed by atoms with E-state index < -0.39 is 83.1 Å². The van der Waals surface area contributed by atoms with Gasteiger partial charge in [-0.1, -0.05) is 59.2 Å². The van der Waals surface area contributed by atoms with Gasteiger partial charge in [-0.05, 0) is 51.0 Å². The van der Waals surface area contributed by atoms with Gasteiger partial charge in [0.25, 0.3) is 0 Å². The van der Waals surface area contributed by atoms with E-state index in [1.165, 1.54) is 46.2 Å². The van der Waals surface area contributed by atoms with Crippen molar-refractivity contribution in [3.8, 4) is 12.1 Å². The van der Waals surface area contributed by atoms with Gasteiger partial charge in [-0.3, -0.25) is 19.2 Å². The molecule has 20 nitrogen and oxygen atoms in total. The summed E-state index contributed by atoms with van der Waals surface area (Å²) in [4.78, 5) is 60.5. The Labute approximate surface area is 353 Å². The highest BCUT2D eigenvalue weighted by atomic mass is 79.9. The van der Waals surface area contributed by atoms with Gasteiger partial charge in [0.15, 0.2) is 11.4 Å². The van der Waals surface area contributed by atoms with Crippen molar-refractivity contribution in [1.29, 1.82) is 10.5 Å². The van der Waals surface area contributed by atoms with E-state index in [2.05, 4.69) is 45.9 Å². The summed E-state index contributed by atoms with van der Waals surface area (Å²) in [5.41, 5.74) is 16.6. The van der Waals surface area contributed by atoms with Crippen molar-refractivity contribution in [1.82, 2.24) is 9.97 Å². The fraction of sp³-hybridized carbons (Fsp3) is 0.529. The topological polar surface area (TPSA) is 295 Å². The standard InChI is InChI=1S/C17H18BrN5O5S.C17H18ClN5O5S/c1-8-13(7-26-9(2)24)28-17(16(27-10(3)25)15(8)22-23-20)29-14-4-11(18)6-21-12(14)5-19;1-8-14(7-26-9(2)24)28-17(16(27-10(3)25)15(8)22-23-20)29-11-4-12(18)13(5-19)21-6-11/h4,6,8,13,15-17H,7H2,1-3H3;4,6,8,14-17H,7H2,1-3H3/t8-,13?,15?,16-,17+;8-,14?,15?,16-,17+/m00/s1. The highest BCUT2D eigenvalue weighted by Gasteiger charge is 2.48. The van der Waals surface area contributed by atoms with E-state index in [9.17, 15) is 24.4 Å². The molecule has 2 fully saturated rings. The Morgan fingerprint density at radius 3 is 1.69 bits per heavy atom. The van der Waals surface area contributed by atoms with Gasteiger partial charge in [0, 0.05) is 64.2 Å². The number of carbonyl (C=O) groups excluding carboxylic acids is 4. The highest BCUT2D eigenvalue weighted by Crippen LogP contribution is 2.41. The first kappa shape index (κ1) is 47.5. The van der Waals surface area contributed by atoms with Crippen LogP contribution in [-0.2, 0) is 47.6 Å². The molecule has 58 heavy (non-hydrogen) atoms. The molecule has 0 saturated carbocycles. The van der Waals surface area contributed by atoms with Gasteiger partial charge in [-0.2, -0.15) is 10.5 Å². The number of hydrogen-bond donors (Lipinski definition) is 0. The first-order valence-corrected chi connectivity index (χ1v) is 19.9. The molecular weight excluding hydrogens is 888 g/mol. The van der Waals surface area contributed by atoms with Gasteiger partial charge in [0.2, 0.25) is 0 Å². The molecule has 4 unspecified atom stereocenters.